The third-order valence-corrected chi connectivity index (χ3v) is 13.6. The number of carbonyl (C=O) groups excluding carboxylic acids is 3. The van der Waals surface area contributed by atoms with Crippen molar-refractivity contribution >= 4 is 17.7 Å². The van der Waals surface area contributed by atoms with E-state index in [4.69, 9.17) is 33.7 Å². The van der Waals surface area contributed by atoms with Crippen molar-refractivity contribution in [1.82, 2.24) is 9.80 Å². The molecule has 3 heterocycles. The minimum absolute atomic E-state index is 0.147. The van der Waals surface area contributed by atoms with Gasteiger partial charge in [0.2, 0.25) is 0 Å². The molecule has 8 aromatic rings. The number of aryl methyl sites for hydroxylation is 8. The van der Waals surface area contributed by atoms with E-state index < -0.39 is 23.4 Å². The van der Waals surface area contributed by atoms with Gasteiger partial charge in [-0.15, -0.1) is 0 Å². The van der Waals surface area contributed by atoms with E-state index >= 15 is 0 Å². The van der Waals surface area contributed by atoms with Crippen LogP contribution in [0.4, 0.5) is 17.6 Å². The molecule has 3 aliphatic rings. The Morgan fingerprint density at radius 1 is 0.511 bits per heavy atom. The van der Waals surface area contributed by atoms with Crippen LogP contribution in [0.25, 0.3) is 0 Å². The van der Waals surface area contributed by atoms with Crippen LogP contribution < -0.4 is 18.9 Å². The summed E-state index contributed by atoms with van der Waals surface area (Å²) in [6.45, 7) is 19.2. The molecule has 16 heteroatoms. The predicted octanol–water partition coefficient (Wildman–Crippen LogP) is 16.2. The lowest BCUT2D eigenvalue weighted by Crippen LogP contribution is -2.25. The van der Waals surface area contributed by atoms with Crippen molar-refractivity contribution in [2.24, 2.45) is 0 Å². The predicted molar refractivity (Wildman–Crippen MR) is 346 cm³/mol. The highest BCUT2D eigenvalue weighted by atomic mass is 19.1. The molecule has 1 saturated heterocycles. The van der Waals surface area contributed by atoms with E-state index in [1.165, 1.54) is 55.1 Å². The first-order valence-electron chi connectivity index (χ1n) is 29.2. The Balaban J connectivity index is 0.000000221. The maximum Gasteiger partial charge on any atom is 0.261 e. The van der Waals surface area contributed by atoms with Gasteiger partial charge in [-0.25, -0.2) is 17.6 Å². The Labute approximate surface area is 528 Å². The average molecular weight is 1230 g/mol. The standard InChI is InChI=1S/C12H16O2.C11H16O2.C10H8FNO2.C10H11NO.C8H9FO.C8H7N.C8H10O.C7H6F2/c1-10-2-4-11(5-3-10)14-12-6-8-13-9-7-12;1-10-4-6-11(7-5-10)13-9-3-8-12-2;1-5-3-6-7(4-8(5)11)10(14)12(2)9(6)13;1-7-3-4-8-6-11(2)10(12)9(8)5-7;1-6-3-4-7(9)8(5-6)10-2;1-7-3-2-4-8(5-7)6-9;1-7-4-3-5-8(6-7)9-2;1-5-2-6(8)4-7(9)3-5/h2-5,12H,6-9H2,1H3;4-7H,3,8-9H2,1-2H3;3-4H,1-2H3;3-5H,6H2,1-2H3;3-5H,1-2H3;2-5H,1H3;3-6H,1-2H3;2-4H,1H3. The van der Waals surface area contributed by atoms with Crippen molar-refractivity contribution < 1.29 is 60.4 Å². The zero-order valence-electron chi connectivity index (χ0n) is 53.9. The van der Waals surface area contributed by atoms with Crippen molar-refractivity contribution in [2.75, 3.05) is 61.9 Å². The summed E-state index contributed by atoms with van der Waals surface area (Å²) in [6, 6.07) is 50.6. The second-order valence-electron chi connectivity index (χ2n) is 21.5. The number of carbonyl (C=O) groups is 3. The Bertz CT molecular complexity index is 3510. The Kier molecular flexibility index (Phi) is 31.0. The van der Waals surface area contributed by atoms with Crippen molar-refractivity contribution in [2.45, 2.75) is 87.3 Å². The van der Waals surface area contributed by atoms with Gasteiger partial charge in [-0.3, -0.25) is 19.3 Å². The molecule has 90 heavy (non-hydrogen) atoms. The van der Waals surface area contributed by atoms with Gasteiger partial charge >= 0.3 is 0 Å². The fourth-order valence-electron chi connectivity index (χ4n) is 8.60. The highest BCUT2D eigenvalue weighted by Gasteiger charge is 2.33. The summed E-state index contributed by atoms with van der Waals surface area (Å²) in [5.41, 5.74) is 11.2. The monoisotopic (exact) mass is 1230 g/mol. The molecule has 3 amide bonds. The van der Waals surface area contributed by atoms with E-state index in [-0.39, 0.29) is 28.8 Å². The molecule has 0 N–H and O–H groups in total. The van der Waals surface area contributed by atoms with Crippen LogP contribution in [0.1, 0.15) is 106 Å². The maximum atomic E-state index is 13.1. The molecule has 0 aromatic heterocycles. The molecule has 12 nitrogen and oxygen atoms in total. The summed E-state index contributed by atoms with van der Waals surface area (Å²) < 4.78 is 81.4. The smallest absolute Gasteiger partial charge is 0.261 e. The molecule has 8 aromatic carbocycles. The normalized spacial score (nSPS) is 12.4. The summed E-state index contributed by atoms with van der Waals surface area (Å²) in [4.78, 5) is 37.1. The zero-order chi connectivity index (χ0) is 66.3. The lowest BCUT2D eigenvalue weighted by atomic mass is 10.1. The van der Waals surface area contributed by atoms with E-state index in [1.807, 2.05) is 132 Å². The van der Waals surface area contributed by atoms with Gasteiger partial charge in [-0.05, 0) is 180 Å². The fraction of sp³-hybridized carbons (Fsp3) is 0.297. The van der Waals surface area contributed by atoms with Gasteiger partial charge in [0.25, 0.3) is 17.7 Å². The number of hydrogen-bond donors (Lipinski definition) is 0. The van der Waals surface area contributed by atoms with Crippen molar-refractivity contribution in [3.63, 3.8) is 0 Å². The number of nitrogens with zero attached hydrogens (tertiary/aromatic N) is 3. The molecule has 0 spiro atoms. The highest BCUT2D eigenvalue weighted by molar-refractivity contribution is 6.21. The third-order valence-electron chi connectivity index (χ3n) is 13.6. The number of halogens is 4. The average Bonchev–Trinajstić information content (AvgIpc) is 1.75. The second kappa shape index (κ2) is 38.2. The number of hydrogen-bond acceptors (Lipinski definition) is 10. The summed E-state index contributed by atoms with van der Waals surface area (Å²) in [5.74, 6) is 0.665. The number of imide groups is 1. The number of nitriles is 1. The molecule has 1 fully saturated rings. The number of amides is 3. The van der Waals surface area contributed by atoms with Crippen LogP contribution in [-0.2, 0) is 16.0 Å². The molecular weight excluding hydrogens is 1150 g/mol. The lowest BCUT2D eigenvalue weighted by molar-refractivity contribution is 0.0255. The molecule has 3 aliphatic heterocycles. The highest BCUT2D eigenvalue weighted by Crippen LogP contribution is 2.25. The van der Waals surface area contributed by atoms with E-state index in [0.717, 1.165) is 120 Å². The van der Waals surface area contributed by atoms with Crippen LogP contribution in [0, 0.1) is 90.0 Å². The van der Waals surface area contributed by atoms with Gasteiger partial charge in [-0.1, -0.05) is 83.4 Å². The molecule has 0 aliphatic carbocycles. The van der Waals surface area contributed by atoms with Crippen LogP contribution in [0.3, 0.4) is 0 Å². The largest absolute Gasteiger partial charge is 0.497 e. The first-order valence-corrected chi connectivity index (χ1v) is 29.2. The van der Waals surface area contributed by atoms with Crippen LogP contribution in [0.5, 0.6) is 23.0 Å². The van der Waals surface area contributed by atoms with Gasteiger partial charge < -0.3 is 33.3 Å². The Morgan fingerprint density at radius 2 is 1.06 bits per heavy atom. The minimum atomic E-state index is -0.521. The SMILES string of the molecule is COCCCOc1ccc(C)cc1.COc1cc(C)ccc1F.COc1cccc(C)c1.Cc1cc(F)cc(F)c1.Cc1cc2c(cc1F)C(=O)N(C)C2=O.Cc1ccc(OC2CCOCC2)cc1.Cc1ccc2c(c1)C(=O)N(C)C2.Cc1cccc(C#N)c1. The van der Waals surface area contributed by atoms with Crippen LogP contribution >= 0.6 is 0 Å². The van der Waals surface area contributed by atoms with Gasteiger partial charge in [0, 0.05) is 65.2 Å². The number of benzene rings is 8. The molecular formula is C74H83F4N3O9. The number of rotatable bonds is 9. The molecule has 0 unspecified atom stereocenters. The van der Waals surface area contributed by atoms with E-state index in [2.05, 4.69) is 32.0 Å². The molecule has 0 radical (unpaired) electrons. The Morgan fingerprint density at radius 3 is 1.58 bits per heavy atom. The topological polar surface area (TPSA) is 137 Å². The third kappa shape index (κ3) is 25.4. The second-order valence-corrected chi connectivity index (χ2v) is 21.5. The molecule has 476 valence electrons. The van der Waals surface area contributed by atoms with E-state index in [1.54, 1.807) is 51.2 Å². The minimum Gasteiger partial charge on any atom is -0.497 e. The molecule has 11 rings (SSSR count). The molecule has 0 atom stereocenters. The van der Waals surface area contributed by atoms with Crippen molar-refractivity contribution in [3.8, 4) is 29.1 Å². The zero-order valence-corrected chi connectivity index (χ0v) is 53.9. The maximum absolute atomic E-state index is 13.1. The van der Waals surface area contributed by atoms with Gasteiger partial charge in [0.1, 0.15) is 40.8 Å². The Hall–Kier alpha value is -9.30. The van der Waals surface area contributed by atoms with Crippen molar-refractivity contribution in [1.29, 1.82) is 5.26 Å². The number of methoxy groups -OCH3 is 3. The first kappa shape index (κ1) is 73.2. The number of ether oxygens (including phenoxy) is 6. The first-order chi connectivity index (χ1) is 42.9. The number of fused-ring (bicyclic) bond motifs is 2. The van der Waals surface area contributed by atoms with Gasteiger partial charge in [0.15, 0.2) is 11.6 Å². The van der Waals surface area contributed by atoms with Crippen LogP contribution in [0.15, 0.2) is 164 Å². The lowest BCUT2D eigenvalue weighted by Gasteiger charge is -2.23. The summed E-state index contributed by atoms with van der Waals surface area (Å²) in [7, 11) is 8.05. The summed E-state index contributed by atoms with van der Waals surface area (Å²) in [5, 5.41) is 8.41. The molecule has 0 bridgehead atoms. The van der Waals surface area contributed by atoms with E-state index in [9.17, 15) is 31.9 Å². The quantitative estimate of drug-likeness (QED) is 0.0780. The van der Waals surface area contributed by atoms with Gasteiger partial charge in [0.05, 0.1) is 56.8 Å². The fourth-order valence-corrected chi connectivity index (χ4v) is 8.60. The summed E-state index contributed by atoms with van der Waals surface area (Å²) in [6.07, 6.45) is 3.29. The van der Waals surface area contributed by atoms with E-state index in [0.29, 0.717) is 23.0 Å². The van der Waals surface area contributed by atoms with Crippen LogP contribution in [-0.4, -0.2) is 95.5 Å². The van der Waals surface area contributed by atoms with Crippen LogP contribution in [0.2, 0.25) is 0 Å². The summed E-state index contributed by atoms with van der Waals surface area (Å²) >= 11 is 0. The molecule has 0 saturated carbocycles. The van der Waals surface area contributed by atoms with Crippen molar-refractivity contribution in [3.05, 3.63) is 259 Å². The van der Waals surface area contributed by atoms with Gasteiger partial charge in [-0.2, -0.15) is 5.26 Å².